The summed E-state index contributed by atoms with van der Waals surface area (Å²) in [6.07, 6.45) is 0. The quantitative estimate of drug-likeness (QED) is 0.311. The molecule has 1 fully saturated rings. The van der Waals surface area contributed by atoms with E-state index in [1.807, 2.05) is 0 Å². The summed E-state index contributed by atoms with van der Waals surface area (Å²) in [6.45, 7) is 2.37. The second kappa shape index (κ2) is 12.2. The summed E-state index contributed by atoms with van der Waals surface area (Å²) < 4.78 is 14.8. The summed E-state index contributed by atoms with van der Waals surface area (Å²) in [7, 11) is 0. The van der Waals surface area contributed by atoms with Crippen LogP contribution >= 0.6 is 0 Å². The number of amides is 1. The highest BCUT2D eigenvalue weighted by molar-refractivity contribution is 6.02. The van der Waals surface area contributed by atoms with E-state index < -0.39 is 23.6 Å². The number of phenols is 2. The zero-order valence-corrected chi connectivity index (χ0v) is 21.6. The van der Waals surface area contributed by atoms with E-state index in [9.17, 15) is 29.0 Å². The zero-order valence-electron chi connectivity index (χ0n) is 21.6. The van der Waals surface area contributed by atoms with Crippen LogP contribution in [0.1, 0.15) is 37.8 Å². The van der Waals surface area contributed by atoms with Crippen molar-refractivity contribution in [2.24, 2.45) is 17.6 Å². The lowest BCUT2D eigenvalue weighted by Crippen LogP contribution is -2.53. The summed E-state index contributed by atoms with van der Waals surface area (Å²) in [6, 6.07) is 16.5. The number of phenolic OH excluding ortho intramolecular Hbond substituents is 2. The maximum Gasteiger partial charge on any atom is 0.234 e. The number of nitrogens with one attached hydrogen (secondary N) is 1. The molecule has 0 radical (unpaired) electrons. The predicted molar refractivity (Wildman–Crippen MR) is 144 cm³/mol. The van der Waals surface area contributed by atoms with Gasteiger partial charge >= 0.3 is 0 Å². The molecule has 1 aliphatic heterocycles. The summed E-state index contributed by atoms with van der Waals surface area (Å²) in [5, 5.41) is 22.8. The van der Waals surface area contributed by atoms with Crippen molar-refractivity contribution in [1.29, 1.82) is 0 Å². The molecule has 1 amide bonds. The van der Waals surface area contributed by atoms with Gasteiger partial charge in [-0.15, -0.1) is 0 Å². The molecule has 5 N–H and O–H groups in total. The second-order valence-electron chi connectivity index (χ2n) is 9.85. The van der Waals surface area contributed by atoms with E-state index in [4.69, 9.17) is 5.73 Å². The Kier molecular flexibility index (Phi) is 8.73. The van der Waals surface area contributed by atoms with Gasteiger partial charge in [0.1, 0.15) is 17.3 Å². The van der Waals surface area contributed by atoms with Crippen molar-refractivity contribution < 1.29 is 29.0 Å². The first-order valence-corrected chi connectivity index (χ1v) is 12.8. The van der Waals surface area contributed by atoms with Gasteiger partial charge in [-0.05, 0) is 48.4 Å². The van der Waals surface area contributed by atoms with E-state index in [0.29, 0.717) is 11.1 Å². The molecule has 9 heteroatoms. The van der Waals surface area contributed by atoms with Gasteiger partial charge in [-0.25, -0.2) is 4.39 Å². The Morgan fingerprint density at radius 1 is 0.923 bits per heavy atom. The first-order chi connectivity index (χ1) is 18.7. The van der Waals surface area contributed by atoms with Gasteiger partial charge in [-0.3, -0.25) is 19.3 Å². The van der Waals surface area contributed by atoms with Gasteiger partial charge < -0.3 is 21.3 Å². The van der Waals surface area contributed by atoms with Gasteiger partial charge in [-0.2, -0.15) is 0 Å². The summed E-state index contributed by atoms with van der Waals surface area (Å²) in [5.74, 6) is -3.99. The predicted octanol–water partition coefficient (Wildman–Crippen LogP) is 3.02. The molecule has 1 heterocycles. The number of likely N-dealkylation sites (tertiary alicyclic amines) is 1. The Bertz CT molecular complexity index is 1310. The first kappa shape index (κ1) is 27.9. The highest BCUT2D eigenvalue weighted by Crippen LogP contribution is 2.42. The third-order valence-corrected chi connectivity index (χ3v) is 7.21. The third-order valence-electron chi connectivity index (χ3n) is 7.21. The van der Waals surface area contributed by atoms with Crippen molar-refractivity contribution in [3.05, 3.63) is 94.8 Å². The lowest BCUT2D eigenvalue weighted by Gasteiger charge is -2.43. The molecule has 0 aromatic heterocycles. The zero-order chi connectivity index (χ0) is 28.1. The lowest BCUT2D eigenvalue weighted by molar-refractivity contribution is -0.122. The minimum atomic E-state index is -0.838. The van der Waals surface area contributed by atoms with Crippen LogP contribution < -0.4 is 11.1 Å². The third kappa shape index (κ3) is 6.32. The number of Topliss-reactive ketones (excluding diaryl/α,β-unsaturated/α-hetero) is 2. The number of hydrogen-bond acceptors (Lipinski definition) is 7. The molecule has 0 spiro atoms. The van der Waals surface area contributed by atoms with Crippen LogP contribution in [0, 0.1) is 24.6 Å². The Morgan fingerprint density at radius 2 is 1.46 bits per heavy atom. The van der Waals surface area contributed by atoms with Crippen LogP contribution in [0.15, 0.2) is 66.7 Å². The Hall–Kier alpha value is -4.08. The molecular formula is C30H32FN3O5. The van der Waals surface area contributed by atoms with Crippen LogP contribution in [0.3, 0.4) is 0 Å². The van der Waals surface area contributed by atoms with Crippen molar-refractivity contribution in [3.63, 3.8) is 0 Å². The van der Waals surface area contributed by atoms with Crippen LogP contribution in [0.25, 0.3) is 0 Å². The van der Waals surface area contributed by atoms with Gasteiger partial charge in [-0.1, -0.05) is 36.4 Å². The van der Waals surface area contributed by atoms with Gasteiger partial charge in [0, 0.05) is 55.1 Å². The second-order valence-corrected chi connectivity index (χ2v) is 9.85. The minimum absolute atomic E-state index is 0.0670. The SMILES string of the molecule is Cc1c(F)cccc1C1C(C(=O)c2cccc(O)c2)CN(CC(=O)NCCN)CC1C(=O)c1cccc(O)c1. The van der Waals surface area contributed by atoms with E-state index in [1.165, 1.54) is 30.3 Å². The van der Waals surface area contributed by atoms with Crippen molar-refractivity contribution in [1.82, 2.24) is 10.2 Å². The maximum atomic E-state index is 14.8. The average molecular weight is 534 g/mol. The Labute approximate surface area is 226 Å². The molecule has 1 saturated heterocycles. The number of piperidine rings is 1. The normalized spacial score (nSPS) is 19.4. The molecule has 2 atom stereocenters. The number of halogens is 1. The fourth-order valence-electron chi connectivity index (χ4n) is 5.40. The first-order valence-electron chi connectivity index (χ1n) is 12.8. The van der Waals surface area contributed by atoms with Gasteiger partial charge in [0.2, 0.25) is 5.91 Å². The molecular weight excluding hydrogens is 501 g/mol. The number of carbonyl (C=O) groups excluding carboxylic acids is 3. The number of nitrogens with two attached hydrogens (primary N) is 1. The smallest absolute Gasteiger partial charge is 0.234 e. The lowest BCUT2D eigenvalue weighted by atomic mass is 9.67. The molecule has 0 aliphatic carbocycles. The molecule has 3 aromatic carbocycles. The van der Waals surface area contributed by atoms with Gasteiger partial charge in [0.05, 0.1) is 6.54 Å². The fraction of sp³-hybridized carbons (Fsp3) is 0.300. The van der Waals surface area contributed by atoms with E-state index in [-0.39, 0.29) is 72.8 Å². The van der Waals surface area contributed by atoms with E-state index in [0.717, 1.165) is 0 Å². The number of carbonyl (C=O) groups is 3. The maximum absolute atomic E-state index is 14.8. The number of rotatable bonds is 9. The van der Waals surface area contributed by atoms with Gasteiger partial charge in [0.25, 0.3) is 0 Å². The summed E-state index contributed by atoms with van der Waals surface area (Å²) in [4.78, 5) is 42.3. The van der Waals surface area contributed by atoms with Crippen LogP contribution in [0.4, 0.5) is 4.39 Å². The largest absolute Gasteiger partial charge is 0.508 e. The van der Waals surface area contributed by atoms with Crippen molar-refractivity contribution >= 4 is 17.5 Å². The standard InChI is InChI=1S/C30H32FN3O5/c1-18-23(9-4-10-26(18)31)28-24(29(38)19-5-2-7-21(35)13-19)15-34(17-27(37)33-12-11-32)16-25(28)30(39)20-6-3-8-22(36)14-20/h2-10,13-14,24-25,28,35-36H,11-12,15-17,32H2,1H3,(H,33,37). The van der Waals surface area contributed by atoms with Crippen LogP contribution in [-0.2, 0) is 4.79 Å². The molecule has 39 heavy (non-hydrogen) atoms. The minimum Gasteiger partial charge on any atom is -0.508 e. The molecule has 3 aromatic rings. The van der Waals surface area contributed by atoms with Crippen molar-refractivity contribution in [2.75, 3.05) is 32.7 Å². The van der Waals surface area contributed by atoms with Crippen LogP contribution in [-0.4, -0.2) is 65.3 Å². The van der Waals surface area contributed by atoms with Crippen molar-refractivity contribution in [3.8, 4) is 11.5 Å². The summed E-state index contributed by atoms with van der Waals surface area (Å²) >= 11 is 0. The van der Waals surface area contributed by atoms with Crippen LogP contribution in [0.2, 0.25) is 0 Å². The molecule has 2 unspecified atom stereocenters. The molecule has 0 saturated carbocycles. The van der Waals surface area contributed by atoms with E-state index in [2.05, 4.69) is 5.32 Å². The molecule has 1 aliphatic rings. The van der Waals surface area contributed by atoms with Crippen LogP contribution in [0.5, 0.6) is 11.5 Å². The van der Waals surface area contributed by atoms with E-state index in [1.54, 1.807) is 48.2 Å². The number of benzene rings is 3. The van der Waals surface area contributed by atoms with Gasteiger partial charge in [0.15, 0.2) is 11.6 Å². The molecule has 204 valence electrons. The van der Waals surface area contributed by atoms with E-state index >= 15 is 0 Å². The highest BCUT2D eigenvalue weighted by Gasteiger charge is 2.45. The molecule has 8 nitrogen and oxygen atoms in total. The number of ketones is 2. The Morgan fingerprint density at radius 3 is 1.97 bits per heavy atom. The summed E-state index contributed by atoms with van der Waals surface area (Å²) in [5.41, 5.74) is 6.86. The fourth-order valence-corrected chi connectivity index (χ4v) is 5.40. The Balaban J connectivity index is 1.83. The molecule has 0 bridgehead atoms. The molecule has 4 rings (SSSR count). The monoisotopic (exact) mass is 533 g/mol. The van der Waals surface area contributed by atoms with Crippen molar-refractivity contribution in [2.45, 2.75) is 12.8 Å². The number of nitrogens with zero attached hydrogens (tertiary/aromatic N) is 1. The average Bonchev–Trinajstić information content (AvgIpc) is 2.92. The topological polar surface area (TPSA) is 133 Å². The number of hydrogen-bond donors (Lipinski definition) is 4. The number of aromatic hydroxyl groups is 2. The highest BCUT2D eigenvalue weighted by atomic mass is 19.1.